The summed E-state index contributed by atoms with van der Waals surface area (Å²) in [6, 6.07) is 8.30. The molecule has 0 amide bonds. The zero-order chi connectivity index (χ0) is 9.54. The predicted octanol–water partition coefficient (Wildman–Crippen LogP) is 2.67. The zero-order valence-electron chi connectivity index (χ0n) is 7.47. The third kappa shape index (κ3) is 0.994. The Kier molecular flexibility index (Phi) is 1.75. The fourth-order valence-electron chi connectivity index (χ4n) is 1.49. The largest absolute Gasteiger partial charge is 0.260 e. The third-order valence-electron chi connectivity index (χ3n) is 2.09. The maximum atomic E-state index is 4.14. The highest BCUT2D eigenvalue weighted by Gasteiger charge is 2.10. The van der Waals surface area contributed by atoms with E-state index in [9.17, 15) is 0 Å². The molecule has 3 rings (SSSR count). The fraction of sp³-hybridized carbons (Fsp3) is 0.111. The van der Waals surface area contributed by atoms with Gasteiger partial charge in [0.05, 0.1) is 10.2 Å². The first-order valence-electron chi connectivity index (χ1n) is 4.17. The first-order valence-corrected chi connectivity index (χ1v) is 6.21. The molecule has 0 aliphatic rings. The van der Waals surface area contributed by atoms with Crippen LogP contribution in [-0.4, -0.2) is 20.9 Å². The average Bonchev–Trinajstić information content (AvgIpc) is 2.75. The summed E-state index contributed by atoms with van der Waals surface area (Å²) in [5, 5.41) is 9.20. The molecule has 0 bridgehead atoms. The lowest BCUT2D eigenvalue weighted by molar-refractivity contribution is 0.944. The van der Waals surface area contributed by atoms with Crippen LogP contribution in [0.1, 0.15) is 0 Å². The number of thioether (sulfide) groups is 1. The summed E-state index contributed by atoms with van der Waals surface area (Å²) in [4.78, 5) is 0.968. The zero-order valence-corrected chi connectivity index (χ0v) is 9.10. The second kappa shape index (κ2) is 2.96. The van der Waals surface area contributed by atoms with E-state index < -0.39 is 0 Å². The lowest BCUT2D eigenvalue weighted by Gasteiger charge is -1.92. The molecule has 5 heteroatoms. The van der Waals surface area contributed by atoms with Gasteiger partial charge in [0, 0.05) is 0 Å². The molecule has 3 aromatic rings. The Morgan fingerprint density at radius 2 is 2.14 bits per heavy atom. The minimum Gasteiger partial charge on any atom is -0.260 e. The van der Waals surface area contributed by atoms with E-state index in [1.54, 1.807) is 23.1 Å². The molecule has 0 fully saturated rings. The van der Waals surface area contributed by atoms with E-state index in [0.717, 1.165) is 10.1 Å². The molecule has 3 nitrogen and oxygen atoms in total. The van der Waals surface area contributed by atoms with Gasteiger partial charge in [0.2, 0.25) is 4.96 Å². The van der Waals surface area contributed by atoms with Crippen LogP contribution in [0.5, 0.6) is 0 Å². The second-order valence-corrected chi connectivity index (χ2v) is 4.66. The summed E-state index contributed by atoms with van der Waals surface area (Å²) in [6.07, 6.45) is 2.02. The molecule has 0 saturated carbocycles. The summed E-state index contributed by atoms with van der Waals surface area (Å²) >= 11 is 3.29. The lowest BCUT2D eigenvalue weighted by Crippen LogP contribution is -1.82. The topological polar surface area (TPSA) is 30.2 Å². The second-order valence-electron chi connectivity index (χ2n) is 2.87. The molecule has 1 aromatic carbocycles. The number of hydrogen-bond acceptors (Lipinski definition) is 4. The van der Waals surface area contributed by atoms with E-state index >= 15 is 0 Å². The van der Waals surface area contributed by atoms with Crippen molar-refractivity contribution in [1.29, 1.82) is 0 Å². The Morgan fingerprint density at radius 1 is 1.29 bits per heavy atom. The van der Waals surface area contributed by atoms with Crippen molar-refractivity contribution in [3.8, 4) is 0 Å². The Morgan fingerprint density at radius 3 is 3.00 bits per heavy atom. The van der Waals surface area contributed by atoms with E-state index in [1.807, 2.05) is 18.4 Å². The molecular weight excluding hydrogens is 214 g/mol. The van der Waals surface area contributed by atoms with E-state index in [2.05, 4.69) is 26.7 Å². The van der Waals surface area contributed by atoms with Crippen LogP contribution < -0.4 is 0 Å². The van der Waals surface area contributed by atoms with E-state index in [-0.39, 0.29) is 0 Å². The van der Waals surface area contributed by atoms with Crippen molar-refractivity contribution in [2.24, 2.45) is 0 Å². The molecule has 2 heterocycles. The minimum atomic E-state index is 0.956. The maximum Gasteiger partial charge on any atom is 0.217 e. The fourth-order valence-corrected chi connectivity index (χ4v) is 3.00. The van der Waals surface area contributed by atoms with Gasteiger partial charge in [-0.2, -0.15) is 0 Å². The molecule has 0 saturated heterocycles. The van der Waals surface area contributed by atoms with Gasteiger partial charge in [-0.05, 0) is 18.4 Å². The van der Waals surface area contributed by atoms with Gasteiger partial charge in [-0.15, -0.1) is 10.2 Å². The van der Waals surface area contributed by atoms with Gasteiger partial charge < -0.3 is 0 Å². The number of nitrogens with zero attached hydrogens (tertiary/aromatic N) is 3. The third-order valence-corrected chi connectivity index (χ3v) is 3.73. The Labute approximate surface area is 88.8 Å². The van der Waals surface area contributed by atoms with Crippen LogP contribution >= 0.6 is 23.1 Å². The van der Waals surface area contributed by atoms with Crippen molar-refractivity contribution in [1.82, 2.24) is 14.6 Å². The molecule has 0 atom stereocenters. The first kappa shape index (κ1) is 8.26. The SMILES string of the molecule is CSc1nnc2sc3ccccc3n12. The molecule has 2 aromatic heterocycles. The molecule has 0 N–H and O–H groups in total. The highest BCUT2D eigenvalue weighted by atomic mass is 32.2. The number of para-hydroxylation sites is 1. The van der Waals surface area contributed by atoms with Gasteiger partial charge in [-0.3, -0.25) is 4.40 Å². The monoisotopic (exact) mass is 221 g/mol. The number of aromatic nitrogens is 3. The van der Waals surface area contributed by atoms with Crippen LogP contribution in [0.15, 0.2) is 29.4 Å². The molecule has 0 spiro atoms. The number of rotatable bonds is 1. The molecule has 0 aliphatic heterocycles. The van der Waals surface area contributed by atoms with Crippen molar-refractivity contribution < 1.29 is 0 Å². The predicted molar refractivity (Wildman–Crippen MR) is 60.2 cm³/mol. The highest BCUT2D eigenvalue weighted by Crippen LogP contribution is 2.28. The standard InChI is InChI=1S/C9H7N3S2/c1-13-8-10-11-9-12(8)6-4-2-3-5-7(6)14-9/h2-5H,1H3. The van der Waals surface area contributed by atoms with Crippen molar-refractivity contribution in [3.05, 3.63) is 24.3 Å². The van der Waals surface area contributed by atoms with Crippen LogP contribution in [0, 0.1) is 0 Å². The van der Waals surface area contributed by atoms with Gasteiger partial charge >= 0.3 is 0 Å². The minimum absolute atomic E-state index is 0.956. The summed E-state index contributed by atoms with van der Waals surface area (Å²) in [6.45, 7) is 0. The van der Waals surface area contributed by atoms with Crippen molar-refractivity contribution in [2.75, 3.05) is 6.26 Å². The summed E-state index contributed by atoms with van der Waals surface area (Å²) in [7, 11) is 0. The van der Waals surface area contributed by atoms with Crippen molar-refractivity contribution >= 4 is 38.3 Å². The number of hydrogen-bond donors (Lipinski definition) is 0. The smallest absolute Gasteiger partial charge is 0.217 e. The van der Waals surface area contributed by atoms with Crippen LogP contribution in [-0.2, 0) is 0 Å². The van der Waals surface area contributed by atoms with Crippen molar-refractivity contribution in [2.45, 2.75) is 5.16 Å². The highest BCUT2D eigenvalue weighted by molar-refractivity contribution is 7.98. The molecular formula is C9H7N3S2. The van der Waals surface area contributed by atoms with E-state index in [4.69, 9.17) is 0 Å². The lowest BCUT2D eigenvalue weighted by atomic mass is 10.3. The quantitative estimate of drug-likeness (QED) is 0.592. The van der Waals surface area contributed by atoms with E-state index in [0.29, 0.717) is 0 Å². The van der Waals surface area contributed by atoms with Gasteiger partial charge in [0.15, 0.2) is 5.16 Å². The Hall–Kier alpha value is -1.07. The van der Waals surface area contributed by atoms with Crippen molar-refractivity contribution in [3.63, 3.8) is 0 Å². The van der Waals surface area contributed by atoms with Gasteiger partial charge in [0.1, 0.15) is 0 Å². The summed E-state index contributed by atoms with van der Waals surface area (Å²) in [5.74, 6) is 0. The van der Waals surface area contributed by atoms with Crippen LogP contribution in [0.4, 0.5) is 0 Å². The average molecular weight is 221 g/mol. The Balaban J connectivity index is 2.54. The van der Waals surface area contributed by atoms with Gasteiger partial charge in [-0.25, -0.2) is 0 Å². The summed E-state index contributed by atoms with van der Waals surface area (Å²) < 4.78 is 3.36. The molecule has 0 radical (unpaired) electrons. The number of benzene rings is 1. The molecule has 70 valence electrons. The van der Waals surface area contributed by atoms with Crippen LogP contribution in [0.25, 0.3) is 15.2 Å². The van der Waals surface area contributed by atoms with Gasteiger partial charge in [0.25, 0.3) is 0 Å². The number of thiazole rings is 1. The maximum absolute atomic E-state index is 4.14. The molecule has 0 aliphatic carbocycles. The Bertz CT molecular complexity index is 596. The number of fused-ring (bicyclic) bond motifs is 3. The van der Waals surface area contributed by atoms with Gasteiger partial charge in [-0.1, -0.05) is 35.2 Å². The first-order chi connectivity index (χ1) is 6.90. The van der Waals surface area contributed by atoms with Crippen LogP contribution in [0.2, 0.25) is 0 Å². The van der Waals surface area contributed by atoms with E-state index in [1.165, 1.54) is 10.2 Å². The summed E-state index contributed by atoms with van der Waals surface area (Å²) in [5.41, 5.74) is 1.20. The molecule has 0 unspecified atom stereocenters. The molecule has 14 heavy (non-hydrogen) atoms. The van der Waals surface area contributed by atoms with Crippen LogP contribution in [0.3, 0.4) is 0 Å². The normalized spacial score (nSPS) is 11.5.